The average molecular weight is 264 g/mol. The van der Waals surface area contributed by atoms with E-state index in [0.29, 0.717) is 5.92 Å². The van der Waals surface area contributed by atoms with Crippen LogP contribution in [0.15, 0.2) is 30.3 Å². The summed E-state index contributed by atoms with van der Waals surface area (Å²) in [5.74, 6) is 0.501. The Morgan fingerprint density at radius 2 is 1.50 bits per heavy atom. The van der Waals surface area contributed by atoms with Crippen LogP contribution in [0.25, 0.3) is 0 Å². The first-order chi connectivity index (χ1) is 8.15. The van der Waals surface area contributed by atoms with Crippen LogP contribution < -0.4 is 0 Å². The summed E-state index contributed by atoms with van der Waals surface area (Å²) in [5.41, 5.74) is 1.30. The Labute approximate surface area is 114 Å². The topological polar surface area (TPSA) is 9.23 Å². The molecule has 0 N–H and O–H groups in total. The summed E-state index contributed by atoms with van der Waals surface area (Å²) in [5, 5.41) is 0.259. The van der Waals surface area contributed by atoms with Gasteiger partial charge in [-0.25, -0.2) is 0 Å². The Kier molecular flexibility index (Phi) is 4.79. The van der Waals surface area contributed by atoms with Gasteiger partial charge in [0.05, 0.1) is 6.10 Å². The zero-order valence-corrected chi connectivity index (χ0v) is 13.9. The first kappa shape index (κ1) is 15.5. The number of hydrogen-bond donors (Lipinski definition) is 0. The van der Waals surface area contributed by atoms with Crippen LogP contribution in [0, 0.1) is 5.92 Å². The maximum absolute atomic E-state index is 6.59. The van der Waals surface area contributed by atoms with Crippen LogP contribution in [-0.2, 0) is 4.43 Å². The summed E-state index contributed by atoms with van der Waals surface area (Å²) >= 11 is 0. The lowest BCUT2D eigenvalue weighted by molar-refractivity contribution is 0.135. The van der Waals surface area contributed by atoms with Crippen molar-refractivity contribution in [1.82, 2.24) is 0 Å². The molecule has 1 nitrogen and oxygen atoms in total. The highest BCUT2D eigenvalue weighted by molar-refractivity contribution is 6.74. The molecule has 2 heteroatoms. The van der Waals surface area contributed by atoms with E-state index in [2.05, 4.69) is 78.0 Å². The summed E-state index contributed by atoms with van der Waals surface area (Å²) in [7, 11) is -1.71. The highest BCUT2D eigenvalue weighted by Crippen LogP contribution is 2.41. The molecule has 1 unspecified atom stereocenters. The first-order valence-electron chi connectivity index (χ1n) is 6.88. The van der Waals surface area contributed by atoms with Crippen LogP contribution in [0.2, 0.25) is 18.1 Å². The van der Waals surface area contributed by atoms with Crippen molar-refractivity contribution >= 4 is 8.32 Å². The number of rotatable bonds is 4. The Balaban J connectivity index is 2.96. The van der Waals surface area contributed by atoms with Gasteiger partial charge in [-0.1, -0.05) is 65.0 Å². The smallest absolute Gasteiger partial charge is 0.192 e. The van der Waals surface area contributed by atoms with Crippen LogP contribution in [0.3, 0.4) is 0 Å². The van der Waals surface area contributed by atoms with E-state index in [-0.39, 0.29) is 11.1 Å². The maximum Gasteiger partial charge on any atom is 0.192 e. The predicted octanol–water partition coefficient (Wildman–Crippen LogP) is 5.41. The molecule has 0 amide bonds. The van der Waals surface area contributed by atoms with Crippen molar-refractivity contribution in [3.05, 3.63) is 35.9 Å². The molecule has 0 aliphatic rings. The van der Waals surface area contributed by atoms with Crippen molar-refractivity contribution in [2.45, 2.75) is 58.9 Å². The van der Waals surface area contributed by atoms with Gasteiger partial charge in [0.15, 0.2) is 8.32 Å². The summed E-state index contributed by atoms with van der Waals surface area (Å²) < 4.78 is 6.59. The standard InChI is InChI=1S/C16H28OSi/c1-13(2)15(14-11-9-8-10-12-14)17-18(6,7)16(3,4)5/h8-13,15H,1-7H3. The fraction of sp³-hybridized carbons (Fsp3) is 0.625. The van der Waals surface area contributed by atoms with E-state index in [1.165, 1.54) is 5.56 Å². The molecule has 0 heterocycles. The highest BCUT2D eigenvalue weighted by atomic mass is 28.4. The fourth-order valence-electron chi connectivity index (χ4n) is 1.73. The van der Waals surface area contributed by atoms with E-state index >= 15 is 0 Å². The lowest BCUT2D eigenvalue weighted by atomic mass is 9.99. The highest BCUT2D eigenvalue weighted by Gasteiger charge is 2.39. The van der Waals surface area contributed by atoms with Gasteiger partial charge >= 0.3 is 0 Å². The second-order valence-corrected chi connectivity index (χ2v) is 11.7. The van der Waals surface area contributed by atoms with Gasteiger partial charge < -0.3 is 4.43 Å². The van der Waals surface area contributed by atoms with E-state index in [1.807, 2.05) is 0 Å². The van der Waals surface area contributed by atoms with Crippen LogP contribution >= 0.6 is 0 Å². The zero-order valence-electron chi connectivity index (χ0n) is 12.9. The van der Waals surface area contributed by atoms with Crippen molar-refractivity contribution in [3.8, 4) is 0 Å². The Morgan fingerprint density at radius 1 is 1.00 bits per heavy atom. The van der Waals surface area contributed by atoms with Crippen molar-refractivity contribution in [3.63, 3.8) is 0 Å². The van der Waals surface area contributed by atoms with Gasteiger partial charge in [-0.3, -0.25) is 0 Å². The predicted molar refractivity (Wildman–Crippen MR) is 82.3 cm³/mol. The van der Waals surface area contributed by atoms with Gasteiger partial charge in [-0.15, -0.1) is 0 Å². The minimum atomic E-state index is -1.71. The second kappa shape index (κ2) is 5.58. The first-order valence-corrected chi connectivity index (χ1v) is 9.79. The molecule has 18 heavy (non-hydrogen) atoms. The third-order valence-electron chi connectivity index (χ3n) is 3.96. The zero-order chi connectivity index (χ0) is 14.0. The van der Waals surface area contributed by atoms with Gasteiger partial charge in [-0.05, 0) is 29.6 Å². The minimum Gasteiger partial charge on any atom is -0.410 e. The fourth-order valence-corrected chi connectivity index (χ4v) is 3.12. The summed E-state index contributed by atoms with van der Waals surface area (Å²) in [6.45, 7) is 16.0. The largest absolute Gasteiger partial charge is 0.410 e. The van der Waals surface area contributed by atoms with E-state index < -0.39 is 8.32 Å². The molecule has 0 fully saturated rings. The van der Waals surface area contributed by atoms with E-state index in [9.17, 15) is 0 Å². The molecular formula is C16H28OSi. The normalized spacial score (nSPS) is 14.9. The Hall–Kier alpha value is -0.603. The van der Waals surface area contributed by atoms with Gasteiger partial charge in [0.2, 0.25) is 0 Å². The van der Waals surface area contributed by atoms with E-state index in [0.717, 1.165) is 0 Å². The molecule has 0 bridgehead atoms. The Morgan fingerprint density at radius 3 is 1.89 bits per heavy atom. The molecule has 1 aromatic rings. The molecule has 1 atom stereocenters. The number of hydrogen-bond acceptors (Lipinski definition) is 1. The molecule has 0 radical (unpaired) electrons. The summed E-state index contributed by atoms with van der Waals surface area (Å²) in [6, 6.07) is 10.6. The Bertz CT molecular complexity index is 362. The van der Waals surface area contributed by atoms with Crippen molar-refractivity contribution in [2.24, 2.45) is 5.92 Å². The van der Waals surface area contributed by atoms with Gasteiger partial charge in [0.1, 0.15) is 0 Å². The molecule has 0 aromatic heterocycles. The van der Waals surface area contributed by atoms with Gasteiger partial charge in [0.25, 0.3) is 0 Å². The molecule has 1 rings (SSSR count). The third-order valence-corrected chi connectivity index (χ3v) is 8.42. The van der Waals surface area contributed by atoms with E-state index in [1.54, 1.807) is 0 Å². The molecule has 1 aromatic carbocycles. The van der Waals surface area contributed by atoms with Crippen molar-refractivity contribution in [2.75, 3.05) is 0 Å². The maximum atomic E-state index is 6.59. The van der Waals surface area contributed by atoms with Gasteiger partial charge in [0, 0.05) is 0 Å². The van der Waals surface area contributed by atoms with Crippen LogP contribution in [-0.4, -0.2) is 8.32 Å². The molecule has 0 spiro atoms. The van der Waals surface area contributed by atoms with Crippen LogP contribution in [0.1, 0.15) is 46.3 Å². The van der Waals surface area contributed by atoms with Crippen molar-refractivity contribution in [1.29, 1.82) is 0 Å². The average Bonchev–Trinajstić information content (AvgIpc) is 2.25. The number of benzene rings is 1. The van der Waals surface area contributed by atoms with Crippen molar-refractivity contribution < 1.29 is 4.43 Å². The van der Waals surface area contributed by atoms with Crippen LogP contribution in [0.4, 0.5) is 0 Å². The quantitative estimate of drug-likeness (QED) is 0.661. The molecular weight excluding hydrogens is 236 g/mol. The lowest BCUT2D eigenvalue weighted by Crippen LogP contribution is -2.42. The molecule has 0 saturated carbocycles. The molecule has 0 aliphatic carbocycles. The summed E-state index contributed by atoms with van der Waals surface area (Å²) in [6.07, 6.45) is 0.215. The molecule has 102 valence electrons. The van der Waals surface area contributed by atoms with Gasteiger partial charge in [-0.2, -0.15) is 0 Å². The molecule has 0 saturated heterocycles. The SMILES string of the molecule is CC(C)C(O[Si](C)(C)C(C)(C)C)c1ccccc1. The monoisotopic (exact) mass is 264 g/mol. The lowest BCUT2D eigenvalue weighted by Gasteiger charge is -2.40. The van der Waals surface area contributed by atoms with E-state index in [4.69, 9.17) is 4.43 Å². The minimum absolute atomic E-state index is 0.215. The summed E-state index contributed by atoms with van der Waals surface area (Å²) in [4.78, 5) is 0. The second-order valence-electron chi connectivity index (χ2n) is 6.95. The third kappa shape index (κ3) is 3.69. The van der Waals surface area contributed by atoms with Crippen LogP contribution in [0.5, 0.6) is 0 Å². The molecule has 0 aliphatic heterocycles.